The molecule has 1 saturated carbocycles. The van der Waals surface area contributed by atoms with E-state index in [0.29, 0.717) is 41.5 Å². The second kappa shape index (κ2) is 10.6. The topological polar surface area (TPSA) is 65.0 Å². The van der Waals surface area contributed by atoms with Crippen molar-refractivity contribution in [1.29, 1.82) is 0 Å². The van der Waals surface area contributed by atoms with Crippen LogP contribution in [-0.2, 0) is 14.3 Å². The molecule has 2 aromatic rings. The molecule has 5 nitrogen and oxygen atoms in total. The molecule has 0 amide bonds. The highest BCUT2D eigenvalue weighted by Gasteiger charge is 2.46. The van der Waals surface area contributed by atoms with Crippen LogP contribution in [0.2, 0.25) is 5.02 Å². The number of halogens is 1. The third-order valence-electron chi connectivity index (χ3n) is 6.51. The van der Waals surface area contributed by atoms with Crippen LogP contribution in [0.5, 0.6) is 5.75 Å². The highest BCUT2D eigenvalue weighted by molar-refractivity contribution is 6.30. The second-order valence-corrected chi connectivity index (χ2v) is 9.22. The second-order valence-electron chi connectivity index (χ2n) is 8.79. The fourth-order valence-electron chi connectivity index (χ4n) is 5.04. The average Bonchev–Trinajstić information content (AvgIpc) is 2.82. The van der Waals surface area contributed by atoms with Crippen LogP contribution in [0.4, 0.5) is 0 Å². The number of hydrogen-bond acceptors (Lipinski definition) is 5. The van der Waals surface area contributed by atoms with Gasteiger partial charge in [-0.2, -0.15) is 0 Å². The van der Waals surface area contributed by atoms with E-state index in [0.717, 1.165) is 23.3 Å². The Morgan fingerprint density at radius 1 is 1.06 bits per heavy atom. The minimum Gasteiger partial charge on any atom is -0.493 e. The molecule has 0 saturated heterocycles. The quantitative estimate of drug-likeness (QED) is 0.439. The maximum Gasteiger partial charge on any atom is 0.336 e. The van der Waals surface area contributed by atoms with E-state index >= 15 is 0 Å². The van der Waals surface area contributed by atoms with Gasteiger partial charge in [0.2, 0.25) is 0 Å². The highest BCUT2D eigenvalue weighted by Crippen LogP contribution is 2.48. The van der Waals surface area contributed by atoms with Gasteiger partial charge in [0, 0.05) is 34.3 Å². The number of fused-ring (bicyclic) bond motifs is 1. The number of carbonyl (C=O) groups is 2. The summed E-state index contributed by atoms with van der Waals surface area (Å²) >= 11 is 6.07. The minimum atomic E-state index is -0.516. The van der Waals surface area contributed by atoms with E-state index in [-0.39, 0.29) is 18.3 Å². The Labute approximate surface area is 205 Å². The Balaban J connectivity index is 1.80. The number of nitrogens with zero attached hydrogens (tertiary/aromatic N) is 1. The van der Waals surface area contributed by atoms with Gasteiger partial charge in [0.15, 0.2) is 0 Å². The molecule has 1 fully saturated rings. The van der Waals surface area contributed by atoms with Crippen molar-refractivity contribution in [2.75, 3.05) is 13.2 Å². The van der Waals surface area contributed by atoms with Gasteiger partial charge in [-0.05, 0) is 56.4 Å². The standard InChI is InChI=1S/C28H30ClNO4/c1-4-14-34-24-9-7-6-8-21(24)26-25(28(32)33-5-2)17(3)30-22-15-19(16-23(31)27(22)26)18-10-12-20(29)13-11-18/h6-13,19,26-27H,4-5,14-16H2,1-3H3/t19-,26+,27?/m0/s1. The first-order chi connectivity index (χ1) is 16.4. The van der Waals surface area contributed by atoms with Crippen molar-refractivity contribution in [2.24, 2.45) is 10.9 Å². The number of ketones is 1. The first-order valence-corrected chi connectivity index (χ1v) is 12.3. The molecule has 0 radical (unpaired) electrons. The van der Waals surface area contributed by atoms with Crippen LogP contribution in [0.25, 0.3) is 0 Å². The molecule has 2 aliphatic rings. The normalized spacial score (nSPS) is 22.2. The van der Waals surface area contributed by atoms with Crippen LogP contribution < -0.4 is 4.74 Å². The van der Waals surface area contributed by atoms with E-state index in [9.17, 15) is 9.59 Å². The minimum absolute atomic E-state index is 0.0314. The summed E-state index contributed by atoms with van der Waals surface area (Å²) in [4.78, 5) is 31.6. The summed E-state index contributed by atoms with van der Waals surface area (Å²) in [6.07, 6.45) is 1.89. The van der Waals surface area contributed by atoms with Crippen LogP contribution in [0.15, 0.2) is 64.8 Å². The summed E-state index contributed by atoms with van der Waals surface area (Å²) in [6, 6.07) is 15.3. The Morgan fingerprint density at radius 2 is 1.79 bits per heavy atom. The Hall–Kier alpha value is -2.92. The lowest BCUT2D eigenvalue weighted by Crippen LogP contribution is -2.41. The van der Waals surface area contributed by atoms with E-state index < -0.39 is 17.8 Å². The summed E-state index contributed by atoms with van der Waals surface area (Å²) in [7, 11) is 0. The van der Waals surface area contributed by atoms with E-state index in [2.05, 4.69) is 0 Å². The molecule has 1 heterocycles. The molecular weight excluding hydrogens is 450 g/mol. The molecule has 1 aliphatic carbocycles. The van der Waals surface area contributed by atoms with Gasteiger partial charge in [-0.1, -0.05) is 48.9 Å². The number of benzene rings is 2. The lowest BCUT2D eigenvalue weighted by atomic mass is 9.66. The number of Topliss-reactive ketones (excluding diaryl/α,β-unsaturated/α-hetero) is 1. The number of rotatable bonds is 7. The largest absolute Gasteiger partial charge is 0.493 e. The zero-order valence-corrected chi connectivity index (χ0v) is 20.6. The summed E-state index contributed by atoms with van der Waals surface area (Å²) < 4.78 is 11.5. The predicted octanol–water partition coefficient (Wildman–Crippen LogP) is 6.27. The zero-order chi connectivity index (χ0) is 24.2. The van der Waals surface area contributed by atoms with Crippen molar-refractivity contribution in [1.82, 2.24) is 0 Å². The van der Waals surface area contributed by atoms with E-state index in [1.165, 1.54) is 0 Å². The molecule has 34 heavy (non-hydrogen) atoms. The number of carbonyl (C=O) groups excluding carboxylic acids is 2. The summed E-state index contributed by atoms with van der Waals surface area (Å²) in [5, 5.41) is 0.667. The maximum absolute atomic E-state index is 13.7. The third-order valence-corrected chi connectivity index (χ3v) is 6.76. The lowest BCUT2D eigenvalue weighted by Gasteiger charge is -2.38. The Morgan fingerprint density at radius 3 is 2.50 bits per heavy atom. The summed E-state index contributed by atoms with van der Waals surface area (Å²) in [5.41, 5.74) is 3.76. The van der Waals surface area contributed by atoms with Crippen molar-refractivity contribution in [3.05, 3.63) is 76.0 Å². The molecule has 3 atom stereocenters. The van der Waals surface area contributed by atoms with Gasteiger partial charge in [-0.3, -0.25) is 9.79 Å². The lowest BCUT2D eigenvalue weighted by molar-refractivity contribution is -0.139. The van der Waals surface area contributed by atoms with Crippen LogP contribution in [0, 0.1) is 5.92 Å². The number of ether oxygens (including phenoxy) is 2. The molecule has 1 unspecified atom stereocenters. The van der Waals surface area contributed by atoms with Crippen LogP contribution in [0.3, 0.4) is 0 Å². The molecule has 0 N–H and O–H groups in total. The molecule has 4 rings (SSSR count). The van der Waals surface area contributed by atoms with Crippen molar-refractivity contribution in [2.45, 2.75) is 51.9 Å². The fourth-order valence-corrected chi connectivity index (χ4v) is 5.16. The van der Waals surface area contributed by atoms with Crippen LogP contribution >= 0.6 is 11.6 Å². The van der Waals surface area contributed by atoms with Gasteiger partial charge >= 0.3 is 5.97 Å². The number of hydrogen-bond donors (Lipinski definition) is 0. The average molecular weight is 480 g/mol. The smallest absolute Gasteiger partial charge is 0.336 e. The predicted molar refractivity (Wildman–Crippen MR) is 134 cm³/mol. The summed E-state index contributed by atoms with van der Waals surface area (Å²) in [5.74, 6) is -0.627. The van der Waals surface area contributed by atoms with Gasteiger partial charge < -0.3 is 9.47 Å². The molecule has 1 aliphatic heterocycles. The number of allylic oxidation sites excluding steroid dienone is 1. The molecule has 0 aromatic heterocycles. The van der Waals surface area contributed by atoms with Crippen molar-refractivity contribution in [3.63, 3.8) is 0 Å². The monoisotopic (exact) mass is 479 g/mol. The van der Waals surface area contributed by atoms with Crippen molar-refractivity contribution in [3.8, 4) is 5.75 Å². The van der Waals surface area contributed by atoms with Crippen molar-refractivity contribution < 1.29 is 19.1 Å². The van der Waals surface area contributed by atoms with Gasteiger partial charge in [0.05, 0.1) is 24.7 Å². The fraction of sp³-hybridized carbons (Fsp3) is 0.393. The number of aliphatic imine (C=N–C) groups is 1. The number of para-hydroxylation sites is 1. The van der Waals surface area contributed by atoms with E-state index in [4.69, 9.17) is 26.1 Å². The number of esters is 1. The van der Waals surface area contributed by atoms with Gasteiger partial charge in [0.25, 0.3) is 0 Å². The Kier molecular flexibility index (Phi) is 7.52. The molecule has 178 valence electrons. The van der Waals surface area contributed by atoms with Gasteiger partial charge in [-0.25, -0.2) is 4.79 Å². The van der Waals surface area contributed by atoms with Gasteiger partial charge in [-0.15, -0.1) is 0 Å². The first kappa shape index (κ1) is 24.2. The van der Waals surface area contributed by atoms with Crippen molar-refractivity contribution >= 4 is 29.1 Å². The first-order valence-electron chi connectivity index (χ1n) is 11.9. The zero-order valence-electron chi connectivity index (χ0n) is 19.8. The highest BCUT2D eigenvalue weighted by atomic mass is 35.5. The van der Waals surface area contributed by atoms with Gasteiger partial charge in [0.1, 0.15) is 11.5 Å². The van der Waals surface area contributed by atoms with Crippen LogP contribution in [-0.4, -0.2) is 30.7 Å². The van der Waals surface area contributed by atoms with Crippen LogP contribution in [0.1, 0.15) is 63.0 Å². The third kappa shape index (κ3) is 4.80. The molecule has 0 bridgehead atoms. The summed E-state index contributed by atoms with van der Waals surface area (Å²) in [6.45, 7) is 6.46. The van der Waals surface area contributed by atoms with E-state index in [1.54, 1.807) is 6.92 Å². The van der Waals surface area contributed by atoms with E-state index in [1.807, 2.05) is 62.4 Å². The molecule has 2 aromatic carbocycles. The molecule has 0 spiro atoms. The molecule has 6 heteroatoms. The molecular formula is C28H30ClNO4. The Bertz CT molecular complexity index is 1140. The SMILES string of the molecule is CCCOc1ccccc1[C@@H]1C(C(=O)OCC)=C(C)N=C2C[C@H](c3ccc(Cl)cc3)CC(=O)C21. The maximum atomic E-state index is 13.7.